The number of hydrogen-bond acceptors (Lipinski definition) is 4. The van der Waals surface area contributed by atoms with E-state index in [0.29, 0.717) is 18.2 Å². The molecule has 0 N–H and O–H groups in total. The Hall–Kier alpha value is -0.420. The van der Waals surface area contributed by atoms with Crippen LogP contribution in [0.2, 0.25) is 0 Å². The number of ether oxygens (including phenoxy) is 2. The van der Waals surface area contributed by atoms with Gasteiger partial charge in [-0.15, -0.1) is 11.3 Å². The fourth-order valence-electron chi connectivity index (χ4n) is 4.57. The van der Waals surface area contributed by atoms with Crippen LogP contribution in [-0.4, -0.2) is 42.9 Å². The first-order valence-electron chi connectivity index (χ1n) is 9.32. The summed E-state index contributed by atoms with van der Waals surface area (Å²) in [5.74, 6) is 0.808. The molecular formula is C19H29NO2S. The predicted octanol–water partition coefficient (Wildman–Crippen LogP) is 4.00. The third-order valence-electron chi connectivity index (χ3n) is 5.83. The Labute approximate surface area is 144 Å². The Morgan fingerprint density at radius 1 is 1.22 bits per heavy atom. The fourth-order valence-corrected chi connectivity index (χ4v) is 5.49. The highest BCUT2D eigenvalue weighted by Crippen LogP contribution is 2.35. The van der Waals surface area contributed by atoms with E-state index >= 15 is 0 Å². The Morgan fingerprint density at radius 3 is 2.87 bits per heavy atom. The van der Waals surface area contributed by atoms with Gasteiger partial charge in [-0.25, -0.2) is 0 Å². The lowest BCUT2D eigenvalue weighted by molar-refractivity contribution is -0.118. The van der Waals surface area contributed by atoms with E-state index in [4.69, 9.17) is 9.47 Å². The van der Waals surface area contributed by atoms with E-state index in [1.807, 2.05) is 11.3 Å². The van der Waals surface area contributed by atoms with Crippen LogP contribution in [0.15, 0.2) is 12.1 Å². The molecule has 0 aromatic carbocycles. The van der Waals surface area contributed by atoms with Crippen molar-refractivity contribution in [2.75, 3.05) is 19.8 Å². The molecule has 4 heteroatoms. The van der Waals surface area contributed by atoms with Crippen molar-refractivity contribution in [3.63, 3.8) is 0 Å². The molecule has 2 aliphatic carbocycles. The lowest BCUT2D eigenvalue weighted by Gasteiger charge is -2.39. The molecule has 0 radical (unpaired) electrons. The summed E-state index contributed by atoms with van der Waals surface area (Å²) in [5, 5.41) is 0. The Bertz CT molecular complexity index is 511. The van der Waals surface area contributed by atoms with E-state index in [1.54, 1.807) is 0 Å². The average Bonchev–Trinajstić information content (AvgIpc) is 3.27. The van der Waals surface area contributed by atoms with E-state index in [1.165, 1.54) is 48.3 Å². The van der Waals surface area contributed by atoms with Crippen LogP contribution < -0.4 is 0 Å². The van der Waals surface area contributed by atoms with Crippen LogP contribution in [-0.2, 0) is 16.0 Å². The second-order valence-corrected chi connectivity index (χ2v) is 8.86. The van der Waals surface area contributed by atoms with Crippen molar-refractivity contribution in [3.05, 3.63) is 21.9 Å². The minimum atomic E-state index is 0.297. The number of nitrogens with zero attached hydrogens (tertiary/aromatic N) is 1. The standard InChI is InChI=1S/C19H29NO2S/c1-14-6-7-16(23-14)12-20-10-11-21-19-17(20)8-9-18(19)22-13-15-4-2-3-5-15/h6-7,15,17-19H,2-5,8-13H2,1H3/t17-,18+,19+/m0/s1. The SMILES string of the molecule is Cc1ccc(CN2CCO[C@H]3[C@H](OCC4CCCC4)CC[C@@H]32)s1. The predicted molar refractivity (Wildman–Crippen MR) is 93.9 cm³/mol. The zero-order chi connectivity index (χ0) is 15.6. The minimum absolute atomic E-state index is 0.297. The first-order chi connectivity index (χ1) is 11.3. The molecule has 1 aromatic rings. The minimum Gasteiger partial charge on any atom is -0.375 e. The maximum atomic E-state index is 6.31. The highest BCUT2D eigenvalue weighted by molar-refractivity contribution is 7.11. The lowest BCUT2D eigenvalue weighted by Crippen LogP contribution is -2.51. The molecule has 1 aromatic heterocycles. The number of aryl methyl sites for hydroxylation is 1. The summed E-state index contributed by atoms with van der Waals surface area (Å²) in [5.41, 5.74) is 0. The summed E-state index contributed by atoms with van der Waals surface area (Å²) in [6.07, 6.45) is 8.55. The maximum Gasteiger partial charge on any atom is 0.0992 e. The van der Waals surface area contributed by atoms with Crippen molar-refractivity contribution in [3.8, 4) is 0 Å². The van der Waals surface area contributed by atoms with Crippen molar-refractivity contribution in [2.45, 2.75) is 70.2 Å². The van der Waals surface area contributed by atoms with Crippen LogP contribution in [0.4, 0.5) is 0 Å². The first kappa shape index (κ1) is 16.1. The molecule has 3 nitrogen and oxygen atoms in total. The molecule has 0 bridgehead atoms. The molecule has 0 spiro atoms. The number of thiophene rings is 1. The maximum absolute atomic E-state index is 6.31. The van der Waals surface area contributed by atoms with Gasteiger partial charge in [-0.3, -0.25) is 4.90 Å². The normalized spacial score (nSPS) is 32.5. The van der Waals surface area contributed by atoms with Gasteiger partial charge < -0.3 is 9.47 Å². The van der Waals surface area contributed by atoms with E-state index in [0.717, 1.165) is 32.2 Å². The Balaban J connectivity index is 1.34. The monoisotopic (exact) mass is 335 g/mol. The third kappa shape index (κ3) is 3.65. The molecule has 3 aliphatic rings. The average molecular weight is 336 g/mol. The molecule has 2 heterocycles. The van der Waals surface area contributed by atoms with Crippen LogP contribution >= 0.6 is 11.3 Å². The van der Waals surface area contributed by atoms with Crippen molar-refractivity contribution in [2.24, 2.45) is 5.92 Å². The van der Waals surface area contributed by atoms with Gasteiger partial charge in [-0.1, -0.05) is 12.8 Å². The Kier molecular flexibility index (Phi) is 5.04. The quantitative estimate of drug-likeness (QED) is 0.812. The fraction of sp³-hybridized carbons (Fsp3) is 0.789. The second-order valence-electron chi connectivity index (χ2n) is 7.49. The van der Waals surface area contributed by atoms with Crippen molar-refractivity contribution in [1.82, 2.24) is 4.90 Å². The molecule has 0 amide bonds. The van der Waals surface area contributed by atoms with Gasteiger partial charge in [0.15, 0.2) is 0 Å². The topological polar surface area (TPSA) is 21.7 Å². The van der Waals surface area contributed by atoms with Crippen LogP contribution in [0.25, 0.3) is 0 Å². The molecule has 3 atom stereocenters. The van der Waals surface area contributed by atoms with Crippen LogP contribution in [0, 0.1) is 12.8 Å². The molecule has 4 rings (SSSR count). The largest absolute Gasteiger partial charge is 0.375 e. The number of fused-ring (bicyclic) bond motifs is 1. The lowest BCUT2D eigenvalue weighted by atomic mass is 10.1. The summed E-state index contributed by atoms with van der Waals surface area (Å²) in [7, 11) is 0. The van der Waals surface area contributed by atoms with Crippen LogP contribution in [0.3, 0.4) is 0 Å². The van der Waals surface area contributed by atoms with E-state index in [9.17, 15) is 0 Å². The van der Waals surface area contributed by atoms with Gasteiger partial charge in [-0.05, 0) is 50.7 Å². The van der Waals surface area contributed by atoms with Crippen molar-refractivity contribution in [1.29, 1.82) is 0 Å². The molecule has 23 heavy (non-hydrogen) atoms. The zero-order valence-electron chi connectivity index (χ0n) is 14.2. The molecule has 3 fully saturated rings. The van der Waals surface area contributed by atoms with Crippen molar-refractivity contribution < 1.29 is 9.47 Å². The third-order valence-corrected chi connectivity index (χ3v) is 6.81. The number of morpholine rings is 1. The highest BCUT2D eigenvalue weighted by atomic mass is 32.1. The van der Waals surface area contributed by atoms with Gasteiger partial charge in [-0.2, -0.15) is 0 Å². The van der Waals surface area contributed by atoms with Gasteiger partial charge in [0, 0.05) is 35.5 Å². The first-order valence-corrected chi connectivity index (χ1v) is 10.1. The smallest absolute Gasteiger partial charge is 0.0992 e. The van der Waals surface area contributed by atoms with Crippen LogP contribution in [0.1, 0.15) is 48.3 Å². The summed E-state index contributed by atoms with van der Waals surface area (Å²) in [6, 6.07) is 5.08. The Morgan fingerprint density at radius 2 is 2.09 bits per heavy atom. The summed E-state index contributed by atoms with van der Waals surface area (Å²) in [4.78, 5) is 5.53. The van der Waals surface area contributed by atoms with E-state index in [2.05, 4.69) is 24.0 Å². The zero-order valence-corrected chi connectivity index (χ0v) is 15.0. The second kappa shape index (κ2) is 7.22. The highest BCUT2D eigenvalue weighted by Gasteiger charge is 2.43. The molecule has 1 saturated heterocycles. The van der Waals surface area contributed by atoms with Gasteiger partial charge in [0.05, 0.1) is 18.8 Å². The molecule has 128 valence electrons. The summed E-state index contributed by atoms with van der Waals surface area (Å²) < 4.78 is 12.4. The number of rotatable bonds is 5. The van der Waals surface area contributed by atoms with Crippen molar-refractivity contribution >= 4 is 11.3 Å². The molecule has 2 saturated carbocycles. The summed E-state index contributed by atoms with van der Waals surface area (Å²) in [6.45, 7) is 6.15. The van der Waals surface area contributed by atoms with Gasteiger partial charge >= 0.3 is 0 Å². The molecular weight excluding hydrogens is 306 g/mol. The van der Waals surface area contributed by atoms with Crippen LogP contribution in [0.5, 0.6) is 0 Å². The molecule has 0 unspecified atom stereocenters. The van der Waals surface area contributed by atoms with E-state index < -0.39 is 0 Å². The molecule has 1 aliphatic heterocycles. The van der Waals surface area contributed by atoms with Gasteiger partial charge in [0.25, 0.3) is 0 Å². The number of hydrogen-bond donors (Lipinski definition) is 0. The summed E-state index contributed by atoms with van der Waals surface area (Å²) >= 11 is 1.93. The van der Waals surface area contributed by atoms with E-state index in [-0.39, 0.29) is 0 Å². The van der Waals surface area contributed by atoms with Gasteiger partial charge in [0.1, 0.15) is 0 Å². The van der Waals surface area contributed by atoms with Gasteiger partial charge in [0.2, 0.25) is 0 Å².